The maximum atomic E-state index is 12.0. The molecular weight excluding hydrogens is 411 g/mol. The van der Waals surface area contributed by atoms with E-state index < -0.39 is 0 Å². The molecule has 0 radical (unpaired) electrons. The molecule has 5 nitrogen and oxygen atoms in total. The van der Waals surface area contributed by atoms with Crippen LogP contribution in [0.15, 0.2) is 42.5 Å². The minimum Gasteiger partial charge on any atom is -0.490 e. The fourth-order valence-electron chi connectivity index (χ4n) is 2.63. The third-order valence-electron chi connectivity index (χ3n) is 3.78. The monoisotopic (exact) mass is 440 g/mol. The quantitative estimate of drug-likeness (QED) is 0.590. The van der Waals surface area contributed by atoms with Crippen LogP contribution in [0.5, 0.6) is 11.5 Å². The molecule has 0 atom stereocenters. The van der Waals surface area contributed by atoms with E-state index in [1.165, 1.54) is 0 Å². The van der Waals surface area contributed by atoms with E-state index in [0.717, 1.165) is 16.1 Å². The number of benzene rings is 2. The first-order valence-electron chi connectivity index (χ1n) is 9.42. The number of amides is 1. The van der Waals surface area contributed by atoms with Crippen LogP contribution in [0, 0.1) is 0 Å². The highest BCUT2D eigenvalue weighted by molar-refractivity contribution is 6.31. The number of hydrogen-bond acceptors (Lipinski definition) is 4. The van der Waals surface area contributed by atoms with Crippen molar-refractivity contribution >= 4 is 29.9 Å². The van der Waals surface area contributed by atoms with Crippen LogP contribution >= 0.6 is 24.0 Å². The molecule has 0 bridgehead atoms. The lowest BCUT2D eigenvalue weighted by atomic mass is 10.1. The summed E-state index contributed by atoms with van der Waals surface area (Å²) in [6, 6.07) is 13.5. The van der Waals surface area contributed by atoms with Crippen LogP contribution in [0.3, 0.4) is 0 Å². The van der Waals surface area contributed by atoms with Crippen LogP contribution in [-0.4, -0.2) is 24.7 Å². The first-order chi connectivity index (χ1) is 13.3. The summed E-state index contributed by atoms with van der Waals surface area (Å²) in [5, 5.41) is 7.01. The smallest absolute Gasteiger partial charge is 0.258 e. The zero-order chi connectivity index (χ0) is 20.6. The van der Waals surface area contributed by atoms with Crippen molar-refractivity contribution < 1.29 is 14.3 Å². The van der Waals surface area contributed by atoms with Crippen molar-refractivity contribution in [3.8, 4) is 11.5 Å². The van der Waals surface area contributed by atoms with E-state index in [2.05, 4.69) is 10.6 Å². The fourth-order valence-corrected chi connectivity index (χ4v) is 2.83. The molecule has 160 valence electrons. The van der Waals surface area contributed by atoms with Crippen molar-refractivity contribution in [3.63, 3.8) is 0 Å². The zero-order valence-corrected chi connectivity index (χ0v) is 19.0. The van der Waals surface area contributed by atoms with E-state index in [1.54, 1.807) is 0 Å². The third kappa shape index (κ3) is 8.94. The van der Waals surface area contributed by atoms with Crippen LogP contribution in [-0.2, 0) is 17.9 Å². The van der Waals surface area contributed by atoms with Gasteiger partial charge in [-0.15, -0.1) is 12.4 Å². The van der Waals surface area contributed by atoms with Crippen LogP contribution in [0.25, 0.3) is 0 Å². The largest absolute Gasteiger partial charge is 0.490 e. The van der Waals surface area contributed by atoms with Gasteiger partial charge >= 0.3 is 0 Å². The molecule has 1 amide bonds. The van der Waals surface area contributed by atoms with Gasteiger partial charge in [-0.3, -0.25) is 4.79 Å². The topological polar surface area (TPSA) is 59.6 Å². The summed E-state index contributed by atoms with van der Waals surface area (Å²) < 4.78 is 11.4. The van der Waals surface area contributed by atoms with Gasteiger partial charge in [-0.05, 0) is 57.0 Å². The van der Waals surface area contributed by atoms with E-state index in [1.807, 2.05) is 70.2 Å². The predicted molar refractivity (Wildman–Crippen MR) is 120 cm³/mol. The number of halogens is 2. The van der Waals surface area contributed by atoms with Crippen LogP contribution < -0.4 is 20.1 Å². The van der Waals surface area contributed by atoms with Gasteiger partial charge < -0.3 is 20.1 Å². The standard InChI is InChI=1S/C22H29ClN2O3.ClH/c1-5-27-20-12-16(13-24-14-17-8-6-7-9-18(17)23)10-11-19(20)28-15-21(26)25-22(2,3)4;/h6-12,24H,5,13-15H2,1-4H3,(H,25,26);1H. The van der Waals surface area contributed by atoms with Gasteiger partial charge in [0.2, 0.25) is 0 Å². The van der Waals surface area contributed by atoms with Crippen LogP contribution in [0.1, 0.15) is 38.8 Å². The lowest BCUT2D eigenvalue weighted by Gasteiger charge is -2.21. The summed E-state index contributed by atoms with van der Waals surface area (Å²) in [5.41, 5.74) is 1.82. The fraction of sp³-hybridized carbons (Fsp3) is 0.409. The Bertz CT molecular complexity index is 792. The van der Waals surface area contributed by atoms with Gasteiger partial charge in [0.25, 0.3) is 5.91 Å². The van der Waals surface area contributed by atoms with Gasteiger partial charge in [0.05, 0.1) is 6.61 Å². The molecule has 2 rings (SSSR count). The van der Waals surface area contributed by atoms with E-state index in [4.69, 9.17) is 21.1 Å². The molecule has 0 fully saturated rings. The van der Waals surface area contributed by atoms with Crippen molar-refractivity contribution in [2.45, 2.75) is 46.3 Å². The number of carbonyl (C=O) groups excluding carboxylic acids is 1. The first kappa shape index (κ1) is 25.1. The summed E-state index contributed by atoms with van der Waals surface area (Å²) >= 11 is 6.18. The second kappa shape index (κ2) is 11.9. The number of ether oxygens (including phenoxy) is 2. The van der Waals surface area contributed by atoms with Crippen molar-refractivity contribution in [1.82, 2.24) is 10.6 Å². The Morgan fingerprint density at radius 3 is 2.41 bits per heavy atom. The molecular formula is C22H30Cl2N2O3. The lowest BCUT2D eigenvalue weighted by Crippen LogP contribution is -2.43. The van der Waals surface area contributed by atoms with E-state index in [0.29, 0.717) is 31.2 Å². The average molecular weight is 441 g/mol. The van der Waals surface area contributed by atoms with Gasteiger partial charge in [-0.2, -0.15) is 0 Å². The molecule has 0 aromatic heterocycles. The van der Waals surface area contributed by atoms with Crippen molar-refractivity contribution in [2.24, 2.45) is 0 Å². The number of nitrogens with one attached hydrogen (secondary N) is 2. The lowest BCUT2D eigenvalue weighted by molar-refractivity contribution is -0.124. The SMILES string of the molecule is CCOc1cc(CNCc2ccccc2Cl)ccc1OCC(=O)NC(C)(C)C.Cl. The Labute approximate surface area is 184 Å². The molecule has 7 heteroatoms. The summed E-state index contributed by atoms with van der Waals surface area (Å²) in [7, 11) is 0. The second-order valence-corrected chi connectivity index (χ2v) is 7.90. The first-order valence-corrected chi connectivity index (χ1v) is 9.80. The minimum absolute atomic E-state index is 0. The Kier molecular flexibility index (Phi) is 10.3. The van der Waals surface area contributed by atoms with E-state index in [9.17, 15) is 4.79 Å². The molecule has 2 aromatic carbocycles. The normalized spacial score (nSPS) is 10.8. The van der Waals surface area contributed by atoms with Gasteiger partial charge in [0.15, 0.2) is 18.1 Å². The van der Waals surface area contributed by atoms with Crippen molar-refractivity contribution in [3.05, 3.63) is 58.6 Å². The third-order valence-corrected chi connectivity index (χ3v) is 4.15. The highest BCUT2D eigenvalue weighted by Crippen LogP contribution is 2.28. The molecule has 0 spiro atoms. The Morgan fingerprint density at radius 1 is 1.03 bits per heavy atom. The van der Waals surface area contributed by atoms with E-state index in [-0.39, 0.29) is 30.5 Å². The summed E-state index contributed by atoms with van der Waals surface area (Å²) in [6.07, 6.45) is 0. The Balaban J connectivity index is 0.00000420. The van der Waals surface area contributed by atoms with Crippen molar-refractivity contribution in [1.29, 1.82) is 0 Å². The second-order valence-electron chi connectivity index (χ2n) is 7.50. The molecule has 2 aromatic rings. The average Bonchev–Trinajstić information content (AvgIpc) is 2.61. The van der Waals surface area contributed by atoms with Crippen molar-refractivity contribution in [2.75, 3.05) is 13.2 Å². The molecule has 0 saturated heterocycles. The van der Waals surface area contributed by atoms with Crippen LogP contribution in [0.4, 0.5) is 0 Å². The predicted octanol–water partition coefficient (Wildman–Crippen LogP) is 4.74. The molecule has 0 aliphatic rings. The maximum Gasteiger partial charge on any atom is 0.258 e. The number of rotatable bonds is 9. The van der Waals surface area contributed by atoms with Gasteiger partial charge in [0, 0.05) is 23.7 Å². The molecule has 2 N–H and O–H groups in total. The summed E-state index contributed by atoms with van der Waals surface area (Å²) in [5.74, 6) is 1.02. The molecule has 29 heavy (non-hydrogen) atoms. The Morgan fingerprint density at radius 2 is 1.76 bits per heavy atom. The Hall–Kier alpha value is -1.95. The maximum absolute atomic E-state index is 12.0. The number of hydrogen-bond donors (Lipinski definition) is 2. The molecule has 0 saturated carbocycles. The summed E-state index contributed by atoms with van der Waals surface area (Å²) in [6.45, 7) is 9.51. The summed E-state index contributed by atoms with van der Waals surface area (Å²) in [4.78, 5) is 12.0. The van der Waals surface area contributed by atoms with E-state index >= 15 is 0 Å². The molecule has 0 aliphatic heterocycles. The van der Waals surface area contributed by atoms with Gasteiger partial charge in [-0.1, -0.05) is 35.9 Å². The zero-order valence-electron chi connectivity index (χ0n) is 17.4. The highest BCUT2D eigenvalue weighted by Gasteiger charge is 2.15. The van der Waals surface area contributed by atoms with Gasteiger partial charge in [-0.25, -0.2) is 0 Å². The number of carbonyl (C=O) groups is 1. The highest BCUT2D eigenvalue weighted by atomic mass is 35.5. The molecule has 0 heterocycles. The molecule has 0 aliphatic carbocycles. The van der Waals surface area contributed by atoms with Crippen LogP contribution in [0.2, 0.25) is 5.02 Å². The molecule has 0 unspecified atom stereocenters. The van der Waals surface area contributed by atoms with Gasteiger partial charge in [0.1, 0.15) is 0 Å². The minimum atomic E-state index is -0.291.